The molecule has 1 aromatic heterocycles. The van der Waals surface area contributed by atoms with Crippen LogP contribution in [0.1, 0.15) is 5.69 Å². The first kappa shape index (κ1) is 11.0. The second-order valence-electron chi connectivity index (χ2n) is 3.40. The standard InChI is InChI=1S/C13H11ClNO/c1-9-5-3-7-11(15-9)13-10(14)6-4-8-12(13)16-2/h3-6,8H,1-2H3. The Balaban J connectivity index is 2.63. The van der Waals surface area contributed by atoms with Crippen LogP contribution in [0.2, 0.25) is 5.02 Å². The number of halogens is 1. The van der Waals surface area contributed by atoms with Crippen molar-refractivity contribution in [2.24, 2.45) is 0 Å². The lowest BCUT2D eigenvalue weighted by Gasteiger charge is -2.09. The van der Waals surface area contributed by atoms with Gasteiger partial charge < -0.3 is 4.74 Å². The quantitative estimate of drug-likeness (QED) is 0.791. The molecule has 0 aliphatic heterocycles. The highest BCUT2D eigenvalue weighted by molar-refractivity contribution is 6.33. The summed E-state index contributed by atoms with van der Waals surface area (Å²) >= 11 is 6.16. The van der Waals surface area contributed by atoms with Gasteiger partial charge in [0, 0.05) is 11.8 Å². The minimum atomic E-state index is 0.619. The van der Waals surface area contributed by atoms with Gasteiger partial charge in [0.1, 0.15) is 5.75 Å². The molecule has 0 atom stereocenters. The summed E-state index contributed by atoms with van der Waals surface area (Å²) in [7, 11) is 1.62. The van der Waals surface area contributed by atoms with Gasteiger partial charge in [-0.25, -0.2) is 0 Å². The monoisotopic (exact) mass is 232 g/mol. The zero-order chi connectivity index (χ0) is 11.5. The molecule has 16 heavy (non-hydrogen) atoms. The number of hydrogen-bond acceptors (Lipinski definition) is 2. The zero-order valence-electron chi connectivity index (χ0n) is 9.12. The van der Waals surface area contributed by atoms with Crippen LogP contribution < -0.4 is 4.74 Å². The van der Waals surface area contributed by atoms with Crippen LogP contribution in [-0.4, -0.2) is 12.1 Å². The average Bonchev–Trinajstić information content (AvgIpc) is 2.28. The van der Waals surface area contributed by atoms with Gasteiger partial charge in [-0.1, -0.05) is 23.7 Å². The van der Waals surface area contributed by atoms with E-state index in [1.165, 1.54) is 0 Å². The van der Waals surface area contributed by atoms with Gasteiger partial charge in [0.05, 0.1) is 23.4 Å². The van der Waals surface area contributed by atoms with E-state index in [1.807, 2.05) is 37.3 Å². The molecule has 2 nitrogen and oxygen atoms in total. The van der Waals surface area contributed by atoms with E-state index in [0.29, 0.717) is 16.5 Å². The van der Waals surface area contributed by atoms with Gasteiger partial charge in [-0.3, -0.25) is 4.98 Å². The highest BCUT2D eigenvalue weighted by Gasteiger charge is 2.11. The third-order valence-corrected chi connectivity index (χ3v) is 2.58. The predicted octanol–water partition coefficient (Wildman–Crippen LogP) is 3.52. The molecule has 1 radical (unpaired) electrons. The van der Waals surface area contributed by atoms with Gasteiger partial charge in [-0.15, -0.1) is 0 Å². The number of benzene rings is 1. The van der Waals surface area contributed by atoms with Crippen molar-refractivity contribution in [3.05, 3.63) is 47.1 Å². The molecule has 3 heteroatoms. The van der Waals surface area contributed by atoms with E-state index < -0.39 is 0 Å². The molecule has 0 aliphatic rings. The van der Waals surface area contributed by atoms with E-state index in [2.05, 4.69) is 11.1 Å². The van der Waals surface area contributed by atoms with Crippen LogP contribution in [-0.2, 0) is 0 Å². The van der Waals surface area contributed by atoms with Crippen LogP contribution in [0.3, 0.4) is 0 Å². The second kappa shape index (κ2) is 4.54. The molecule has 0 N–H and O–H groups in total. The van der Waals surface area contributed by atoms with Crippen LogP contribution >= 0.6 is 11.6 Å². The Hall–Kier alpha value is -1.54. The second-order valence-corrected chi connectivity index (χ2v) is 3.80. The maximum absolute atomic E-state index is 6.16. The molecule has 0 unspecified atom stereocenters. The molecule has 0 spiro atoms. The summed E-state index contributed by atoms with van der Waals surface area (Å²) in [5, 5.41) is 0.619. The van der Waals surface area contributed by atoms with Crippen molar-refractivity contribution < 1.29 is 4.74 Å². The van der Waals surface area contributed by atoms with Crippen LogP contribution in [0.4, 0.5) is 0 Å². The van der Waals surface area contributed by atoms with Crippen molar-refractivity contribution >= 4 is 11.6 Å². The van der Waals surface area contributed by atoms with Crippen molar-refractivity contribution in [3.63, 3.8) is 0 Å². The maximum Gasteiger partial charge on any atom is 0.129 e. The summed E-state index contributed by atoms with van der Waals surface area (Å²) in [5.41, 5.74) is 2.42. The van der Waals surface area contributed by atoms with Crippen molar-refractivity contribution in [1.29, 1.82) is 0 Å². The third-order valence-electron chi connectivity index (χ3n) is 2.26. The Morgan fingerprint density at radius 1 is 1.31 bits per heavy atom. The highest BCUT2D eigenvalue weighted by atomic mass is 35.5. The van der Waals surface area contributed by atoms with E-state index in [0.717, 1.165) is 11.3 Å². The number of hydrogen-bond donors (Lipinski definition) is 0. The van der Waals surface area contributed by atoms with Gasteiger partial charge in [0.25, 0.3) is 0 Å². The number of methoxy groups -OCH3 is 1. The molecule has 0 saturated heterocycles. The molecule has 0 amide bonds. The first-order valence-electron chi connectivity index (χ1n) is 4.90. The van der Waals surface area contributed by atoms with Crippen molar-refractivity contribution in [2.45, 2.75) is 6.92 Å². The normalized spacial score (nSPS) is 10.2. The number of aryl methyl sites for hydroxylation is 1. The molecule has 2 aromatic rings. The topological polar surface area (TPSA) is 22.1 Å². The average molecular weight is 233 g/mol. The molecule has 2 rings (SSSR count). The predicted molar refractivity (Wildman–Crippen MR) is 64.8 cm³/mol. The lowest BCUT2D eigenvalue weighted by molar-refractivity contribution is 0.416. The summed E-state index contributed by atoms with van der Waals surface area (Å²) in [4.78, 5) is 4.39. The first-order valence-corrected chi connectivity index (χ1v) is 5.28. The maximum atomic E-state index is 6.16. The molecule has 0 bridgehead atoms. The van der Waals surface area contributed by atoms with Gasteiger partial charge >= 0.3 is 0 Å². The molecular formula is C13H11ClNO. The number of rotatable bonds is 2. The Bertz CT molecular complexity index is 511. The fourth-order valence-electron chi connectivity index (χ4n) is 1.52. The van der Waals surface area contributed by atoms with Gasteiger partial charge in [0.15, 0.2) is 0 Å². The third kappa shape index (κ3) is 2.02. The summed E-state index contributed by atoms with van der Waals surface area (Å²) < 4.78 is 5.28. The zero-order valence-corrected chi connectivity index (χ0v) is 9.88. The summed E-state index contributed by atoms with van der Waals surface area (Å²) in [6.45, 7) is 1.93. The lowest BCUT2D eigenvalue weighted by atomic mass is 10.1. The molecule has 81 valence electrons. The molecule has 1 aromatic carbocycles. The minimum absolute atomic E-state index is 0.619. The Morgan fingerprint density at radius 3 is 2.81 bits per heavy atom. The fourth-order valence-corrected chi connectivity index (χ4v) is 1.77. The Labute approximate surface area is 99.9 Å². The van der Waals surface area contributed by atoms with Crippen molar-refractivity contribution in [3.8, 4) is 17.0 Å². The van der Waals surface area contributed by atoms with Crippen LogP contribution in [0.25, 0.3) is 11.3 Å². The minimum Gasteiger partial charge on any atom is -0.496 e. The van der Waals surface area contributed by atoms with E-state index >= 15 is 0 Å². The van der Waals surface area contributed by atoms with Crippen LogP contribution in [0.15, 0.2) is 30.3 Å². The lowest BCUT2D eigenvalue weighted by Crippen LogP contribution is -1.92. The molecule has 0 saturated carbocycles. The number of nitrogens with zero attached hydrogens (tertiary/aromatic N) is 1. The molecular weight excluding hydrogens is 222 g/mol. The Morgan fingerprint density at radius 2 is 2.12 bits per heavy atom. The first-order chi connectivity index (χ1) is 7.72. The molecule has 1 heterocycles. The van der Waals surface area contributed by atoms with E-state index in [9.17, 15) is 0 Å². The van der Waals surface area contributed by atoms with Crippen molar-refractivity contribution in [1.82, 2.24) is 4.98 Å². The van der Waals surface area contributed by atoms with Crippen LogP contribution in [0.5, 0.6) is 5.75 Å². The Kier molecular flexibility index (Phi) is 3.11. The van der Waals surface area contributed by atoms with Crippen LogP contribution in [0, 0.1) is 13.0 Å². The summed E-state index contributed by atoms with van der Waals surface area (Å²) in [5.74, 6) is 0.710. The summed E-state index contributed by atoms with van der Waals surface area (Å²) in [6, 6.07) is 12.3. The SMILES string of the molecule is COc1cccc(Cl)c1-c1[c]ccc(C)n1. The van der Waals surface area contributed by atoms with Gasteiger partial charge in [-0.2, -0.15) is 0 Å². The van der Waals surface area contributed by atoms with Gasteiger partial charge in [-0.05, 0) is 25.1 Å². The highest BCUT2D eigenvalue weighted by Crippen LogP contribution is 2.34. The molecule has 0 fully saturated rings. The summed E-state index contributed by atoms with van der Waals surface area (Å²) in [6.07, 6.45) is 0. The molecule has 0 aliphatic carbocycles. The number of aromatic nitrogens is 1. The van der Waals surface area contributed by atoms with E-state index in [-0.39, 0.29) is 0 Å². The van der Waals surface area contributed by atoms with Gasteiger partial charge in [0.2, 0.25) is 0 Å². The van der Waals surface area contributed by atoms with E-state index in [1.54, 1.807) is 7.11 Å². The number of ether oxygens (including phenoxy) is 1. The van der Waals surface area contributed by atoms with E-state index in [4.69, 9.17) is 16.3 Å². The fraction of sp³-hybridized carbons (Fsp3) is 0.154. The smallest absolute Gasteiger partial charge is 0.129 e. The van der Waals surface area contributed by atoms with Crippen molar-refractivity contribution in [2.75, 3.05) is 7.11 Å². The largest absolute Gasteiger partial charge is 0.496 e. The number of pyridine rings is 1.